The van der Waals surface area contributed by atoms with Gasteiger partial charge in [-0.2, -0.15) is 0 Å². The molecule has 5 heteroatoms. The highest BCUT2D eigenvalue weighted by Gasteiger charge is 2.52. The van der Waals surface area contributed by atoms with Crippen LogP contribution in [0.15, 0.2) is 24.3 Å². The molecule has 4 nitrogen and oxygen atoms in total. The first-order chi connectivity index (χ1) is 10.7. The van der Waals surface area contributed by atoms with Gasteiger partial charge in [0.05, 0.1) is 10.9 Å². The number of thioether (sulfide) groups is 1. The molecule has 0 bridgehead atoms. The Morgan fingerprint density at radius 1 is 1.45 bits per heavy atom. The van der Waals surface area contributed by atoms with Crippen molar-refractivity contribution in [3.8, 4) is 5.75 Å². The van der Waals surface area contributed by atoms with Crippen molar-refractivity contribution >= 4 is 17.7 Å². The van der Waals surface area contributed by atoms with E-state index in [1.54, 1.807) is 0 Å². The fourth-order valence-corrected chi connectivity index (χ4v) is 5.25. The summed E-state index contributed by atoms with van der Waals surface area (Å²) in [6.07, 6.45) is 1.80. The Kier molecular flexibility index (Phi) is 3.57. The first kappa shape index (κ1) is 14.4. The van der Waals surface area contributed by atoms with Crippen LogP contribution in [0.3, 0.4) is 0 Å². The summed E-state index contributed by atoms with van der Waals surface area (Å²) in [5.74, 6) is 2.06. The molecule has 0 unspecified atom stereocenters. The monoisotopic (exact) mass is 319 g/mol. The first-order valence-corrected chi connectivity index (χ1v) is 8.96. The second-order valence-electron chi connectivity index (χ2n) is 6.39. The molecule has 0 radical (unpaired) electrons. The van der Waals surface area contributed by atoms with E-state index < -0.39 is 0 Å². The summed E-state index contributed by atoms with van der Waals surface area (Å²) >= 11 is 1.97. The van der Waals surface area contributed by atoms with Crippen molar-refractivity contribution in [2.75, 3.05) is 25.4 Å². The van der Waals surface area contributed by atoms with Crippen LogP contribution in [0.2, 0.25) is 0 Å². The van der Waals surface area contributed by atoms with Crippen LogP contribution in [0.4, 0.5) is 0 Å². The lowest BCUT2D eigenvalue weighted by Gasteiger charge is -2.48. The van der Waals surface area contributed by atoms with Crippen LogP contribution in [0.1, 0.15) is 18.9 Å². The fourth-order valence-electron chi connectivity index (χ4n) is 3.69. The number of hydrogen-bond donors (Lipinski definition) is 0. The molecule has 2 atom stereocenters. The number of carbonyl (C=O) groups is 1. The van der Waals surface area contributed by atoms with Gasteiger partial charge in [0.1, 0.15) is 5.75 Å². The predicted molar refractivity (Wildman–Crippen MR) is 86.4 cm³/mol. The van der Waals surface area contributed by atoms with Gasteiger partial charge in [-0.1, -0.05) is 18.2 Å². The lowest BCUT2D eigenvalue weighted by atomic mass is 9.92. The Hall–Kier alpha value is -1.20. The van der Waals surface area contributed by atoms with Gasteiger partial charge in [0.2, 0.25) is 0 Å². The minimum Gasteiger partial charge on any atom is -0.480 e. The third-order valence-corrected chi connectivity index (χ3v) is 6.35. The van der Waals surface area contributed by atoms with Gasteiger partial charge in [0.15, 0.2) is 6.10 Å². The molecule has 1 spiro atoms. The second-order valence-corrected chi connectivity index (χ2v) is 7.88. The molecule has 2 fully saturated rings. The number of nitrogens with zero attached hydrogens (tertiary/aromatic N) is 1. The van der Waals surface area contributed by atoms with Crippen LogP contribution in [0.25, 0.3) is 0 Å². The summed E-state index contributed by atoms with van der Waals surface area (Å²) in [5, 5.41) is 0. The number of para-hydroxylation sites is 1. The first-order valence-electron chi connectivity index (χ1n) is 7.98. The highest BCUT2D eigenvalue weighted by molar-refractivity contribution is 8.01. The van der Waals surface area contributed by atoms with Crippen molar-refractivity contribution in [3.05, 3.63) is 29.8 Å². The number of rotatable bonds is 3. The third kappa shape index (κ3) is 2.40. The summed E-state index contributed by atoms with van der Waals surface area (Å²) in [4.78, 5) is 14.6. The van der Waals surface area contributed by atoms with Gasteiger partial charge >= 0.3 is 0 Å². The van der Waals surface area contributed by atoms with Crippen molar-refractivity contribution < 1.29 is 14.3 Å². The molecule has 0 aliphatic carbocycles. The molecule has 0 aromatic heterocycles. The second kappa shape index (κ2) is 5.46. The average molecular weight is 319 g/mol. The van der Waals surface area contributed by atoms with Crippen molar-refractivity contribution in [3.63, 3.8) is 0 Å². The largest absolute Gasteiger partial charge is 0.480 e. The summed E-state index contributed by atoms with van der Waals surface area (Å²) in [6, 6.07) is 7.93. The van der Waals surface area contributed by atoms with Gasteiger partial charge in [0.25, 0.3) is 5.91 Å². The number of likely N-dealkylation sites (tertiary alicyclic amines) is 1. The van der Waals surface area contributed by atoms with Crippen LogP contribution in [-0.4, -0.2) is 53.2 Å². The Morgan fingerprint density at radius 2 is 2.27 bits per heavy atom. The van der Waals surface area contributed by atoms with E-state index in [2.05, 4.69) is 0 Å². The Morgan fingerprint density at radius 3 is 3.05 bits per heavy atom. The maximum Gasteiger partial charge on any atom is 0.264 e. The topological polar surface area (TPSA) is 38.8 Å². The maximum atomic E-state index is 12.6. The highest BCUT2D eigenvalue weighted by Crippen LogP contribution is 2.46. The van der Waals surface area contributed by atoms with Gasteiger partial charge in [-0.05, 0) is 25.0 Å². The minimum absolute atomic E-state index is 0.141. The zero-order valence-electron chi connectivity index (χ0n) is 12.8. The lowest BCUT2D eigenvalue weighted by molar-refractivity contribution is -0.143. The number of fused-ring (bicyclic) bond motifs is 1. The molecule has 1 aromatic rings. The summed E-state index contributed by atoms with van der Waals surface area (Å²) in [5.41, 5.74) is 1.14. The quantitative estimate of drug-likeness (QED) is 0.855. The molecule has 0 saturated carbocycles. The van der Waals surface area contributed by atoms with E-state index in [4.69, 9.17) is 9.47 Å². The Bertz CT molecular complexity index is 560. The van der Waals surface area contributed by atoms with Crippen molar-refractivity contribution in [1.29, 1.82) is 0 Å². The predicted octanol–water partition coefficient (Wildman–Crippen LogP) is 2.11. The summed E-state index contributed by atoms with van der Waals surface area (Å²) < 4.78 is 11.8. The van der Waals surface area contributed by atoms with Crippen molar-refractivity contribution in [2.45, 2.75) is 36.7 Å². The molecule has 22 heavy (non-hydrogen) atoms. The number of ether oxygens (including phenoxy) is 2. The Balaban J connectivity index is 1.33. The summed E-state index contributed by atoms with van der Waals surface area (Å²) in [7, 11) is 0. The molecule has 3 aliphatic rings. The average Bonchev–Trinajstić information content (AvgIpc) is 3.09. The molecule has 3 heterocycles. The van der Waals surface area contributed by atoms with Gasteiger partial charge in [-0.25, -0.2) is 0 Å². The van der Waals surface area contributed by atoms with E-state index in [-0.39, 0.29) is 16.8 Å². The van der Waals surface area contributed by atoms with Crippen LogP contribution in [0, 0.1) is 0 Å². The van der Waals surface area contributed by atoms with Crippen LogP contribution in [0.5, 0.6) is 5.75 Å². The van der Waals surface area contributed by atoms with Gasteiger partial charge < -0.3 is 14.4 Å². The normalized spacial score (nSPS) is 28.3. The molecule has 0 N–H and O–H groups in total. The minimum atomic E-state index is -0.330. The fraction of sp³-hybridized carbons (Fsp3) is 0.588. The summed E-state index contributed by atoms with van der Waals surface area (Å²) in [6.45, 7) is 4.51. The molecule has 3 aliphatic heterocycles. The van der Waals surface area contributed by atoms with E-state index >= 15 is 0 Å². The molecular weight excluding hydrogens is 298 g/mol. The van der Waals surface area contributed by atoms with E-state index in [1.807, 2.05) is 47.9 Å². The van der Waals surface area contributed by atoms with Crippen molar-refractivity contribution in [1.82, 2.24) is 4.90 Å². The third-order valence-electron chi connectivity index (χ3n) is 4.77. The van der Waals surface area contributed by atoms with Crippen LogP contribution < -0.4 is 4.74 Å². The van der Waals surface area contributed by atoms with Gasteiger partial charge in [-0.15, -0.1) is 11.8 Å². The number of benzene rings is 1. The van der Waals surface area contributed by atoms with Gasteiger partial charge in [-0.3, -0.25) is 4.79 Å². The van der Waals surface area contributed by atoms with E-state index in [0.29, 0.717) is 12.5 Å². The lowest BCUT2D eigenvalue weighted by Crippen LogP contribution is -2.63. The number of carbonyl (C=O) groups excluding carboxylic acids is 1. The van der Waals surface area contributed by atoms with E-state index in [1.165, 1.54) is 0 Å². The van der Waals surface area contributed by atoms with Crippen molar-refractivity contribution in [2.24, 2.45) is 0 Å². The highest BCUT2D eigenvalue weighted by atomic mass is 32.2. The standard InChI is InChI=1S/C17H21NO3S/c1-2-20-13-8-17(22-9-13)10-18(11-17)16(19)15-7-12-5-3-4-6-14(12)21-15/h3-6,13,15H,2,7-11H2,1H3/t13-,15-/m1/s1. The SMILES string of the molecule is CCO[C@H]1CSC2(C1)CN(C(=O)[C@H]1Cc3ccccc3O1)C2. The van der Waals surface area contributed by atoms with Gasteiger partial charge in [0, 0.05) is 31.9 Å². The van der Waals surface area contributed by atoms with Crippen LogP contribution >= 0.6 is 11.8 Å². The molecule has 2 saturated heterocycles. The van der Waals surface area contributed by atoms with E-state index in [0.717, 1.165) is 43.2 Å². The molecular formula is C17H21NO3S. The van der Waals surface area contributed by atoms with Crippen LogP contribution in [-0.2, 0) is 16.0 Å². The zero-order chi connectivity index (χ0) is 15.2. The maximum absolute atomic E-state index is 12.6. The molecule has 118 valence electrons. The number of amides is 1. The van der Waals surface area contributed by atoms with E-state index in [9.17, 15) is 4.79 Å². The smallest absolute Gasteiger partial charge is 0.264 e. The molecule has 1 amide bonds. The molecule has 1 aromatic carbocycles. The molecule has 4 rings (SSSR count). The Labute approximate surface area is 135 Å². The number of hydrogen-bond acceptors (Lipinski definition) is 4. The zero-order valence-corrected chi connectivity index (χ0v) is 13.6.